The van der Waals surface area contributed by atoms with Crippen LogP contribution in [0.4, 0.5) is 5.69 Å². The van der Waals surface area contributed by atoms with Crippen molar-refractivity contribution in [3.05, 3.63) is 29.3 Å². The molecule has 0 bridgehead atoms. The van der Waals surface area contributed by atoms with Gasteiger partial charge in [-0.2, -0.15) is 0 Å². The predicted molar refractivity (Wildman–Crippen MR) is 79.4 cm³/mol. The molecule has 0 atom stereocenters. The third-order valence-electron chi connectivity index (χ3n) is 3.28. The minimum atomic E-state index is -0.413. The fraction of sp³-hybridized carbons (Fsp3) is 0.533. The van der Waals surface area contributed by atoms with Gasteiger partial charge >= 0.3 is 5.97 Å². The molecule has 0 saturated carbocycles. The number of aliphatic hydroxyl groups excluding tert-OH is 1. The first kappa shape index (κ1) is 16.5. The van der Waals surface area contributed by atoms with Gasteiger partial charge in [-0.25, -0.2) is 4.79 Å². The van der Waals surface area contributed by atoms with E-state index in [1.165, 1.54) is 7.11 Å². The van der Waals surface area contributed by atoms with E-state index in [1.807, 2.05) is 12.1 Å². The van der Waals surface area contributed by atoms with E-state index < -0.39 is 5.97 Å². The number of hydrogen-bond acceptors (Lipinski definition) is 5. The number of carbonyl (C=O) groups is 1. The van der Waals surface area contributed by atoms with Gasteiger partial charge < -0.3 is 15.6 Å². The Balaban J connectivity index is 3.00. The zero-order valence-corrected chi connectivity index (χ0v) is 12.4. The second-order valence-electron chi connectivity index (χ2n) is 5.01. The number of ether oxygens (including phenoxy) is 1. The van der Waals surface area contributed by atoms with Crippen LogP contribution in [-0.4, -0.2) is 42.3 Å². The molecule has 0 aliphatic rings. The normalized spacial score (nSPS) is 11.1. The second-order valence-corrected chi connectivity index (χ2v) is 5.01. The van der Waals surface area contributed by atoms with Gasteiger partial charge in [0.15, 0.2) is 0 Å². The van der Waals surface area contributed by atoms with Crippen molar-refractivity contribution in [1.82, 2.24) is 4.90 Å². The fourth-order valence-corrected chi connectivity index (χ4v) is 2.12. The molecule has 5 heteroatoms. The van der Waals surface area contributed by atoms with Gasteiger partial charge in [0.2, 0.25) is 0 Å². The van der Waals surface area contributed by atoms with Crippen molar-refractivity contribution >= 4 is 11.7 Å². The molecule has 5 nitrogen and oxygen atoms in total. The van der Waals surface area contributed by atoms with E-state index in [0.717, 1.165) is 12.1 Å². The van der Waals surface area contributed by atoms with Gasteiger partial charge in [-0.15, -0.1) is 0 Å². The number of nitrogens with zero attached hydrogens (tertiary/aromatic N) is 1. The number of nitrogen functional groups attached to an aromatic ring is 1. The van der Waals surface area contributed by atoms with Gasteiger partial charge in [0, 0.05) is 31.4 Å². The third-order valence-corrected chi connectivity index (χ3v) is 3.28. The van der Waals surface area contributed by atoms with Crippen LogP contribution in [0.5, 0.6) is 0 Å². The maximum absolute atomic E-state index is 11.9. The van der Waals surface area contributed by atoms with Gasteiger partial charge in [-0.3, -0.25) is 4.90 Å². The van der Waals surface area contributed by atoms with E-state index in [0.29, 0.717) is 30.3 Å². The van der Waals surface area contributed by atoms with Crippen LogP contribution >= 0.6 is 0 Å². The lowest BCUT2D eigenvalue weighted by atomic mass is 10.0. The molecule has 0 radical (unpaired) electrons. The maximum Gasteiger partial charge on any atom is 0.340 e. The van der Waals surface area contributed by atoms with E-state index in [1.54, 1.807) is 6.07 Å². The summed E-state index contributed by atoms with van der Waals surface area (Å²) >= 11 is 0. The van der Waals surface area contributed by atoms with Gasteiger partial charge in [-0.05, 0) is 31.9 Å². The molecule has 0 aliphatic carbocycles. The van der Waals surface area contributed by atoms with Crippen molar-refractivity contribution in [2.45, 2.75) is 32.9 Å². The monoisotopic (exact) mass is 280 g/mol. The summed E-state index contributed by atoms with van der Waals surface area (Å²) in [5.74, 6) is -0.413. The zero-order chi connectivity index (χ0) is 15.1. The molecule has 3 N–H and O–H groups in total. The van der Waals surface area contributed by atoms with E-state index in [2.05, 4.69) is 18.7 Å². The molecule has 0 aliphatic heterocycles. The number of nitrogens with two attached hydrogens (primary N) is 1. The van der Waals surface area contributed by atoms with Crippen molar-refractivity contribution in [2.75, 3.05) is 26.0 Å². The molecule has 0 saturated heterocycles. The first-order valence-electron chi connectivity index (χ1n) is 6.81. The van der Waals surface area contributed by atoms with Crippen molar-refractivity contribution in [3.63, 3.8) is 0 Å². The van der Waals surface area contributed by atoms with Crippen molar-refractivity contribution < 1.29 is 14.6 Å². The van der Waals surface area contributed by atoms with Gasteiger partial charge in [-0.1, -0.05) is 12.1 Å². The Bertz CT molecular complexity index is 447. The van der Waals surface area contributed by atoms with Crippen LogP contribution in [0.3, 0.4) is 0 Å². The summed E-state index contributed by atoms with van der Waals surface area (Å²) in [6.45, 7) is 5.70. The molecule has 0 aromatic heterocycles. The molecule has 0 spiro atoms. The average molecular weight is 280 g/mol. The Morgan fingerprint density at radius 2 is 2.15 bits per heavy atom. The lowest BCUT2D eigenvalue weighted by Crippen LogP contribution is -2.32. The number of esters is 1. The minimum absolute atomic E-state index is 0.157. The molecular weight excluding hydrogens is 256 g/mol. The summed E-state index contributed by atoms with van der Waals surface area (Å²) < 4.78 is 4.80. The van der Waals surface area contributed by atoms with Gasteiger partial charge in [0.25, 0.3) is 0 Å². The number of rotatable bonds is 7. The fourth-order valence-electron chi connectivity index (χ4n) is 2.12. The Morgan fingerprint density at radius 1 is 1.45 bits per heavy atom. The quantitative estimate of drug-likeness (QED) is 0.586. The van der Waals surface area contributed by atoms with Crippen molar-refractivity contribution in [2.24, 2.45) is 0 Å². The molecule has 1 aromatic rings. The van der Waals surface area contributed by atoms with Crippen LogP contribution in [0, 0.1) is 0 Å². The second kappa shape index (κ2) is 7.87. The molecule has 20 heavy (non-hydrogen) atoms. The summed E-state index contributed by atoms with van der Waals surface area (Å²) in [7, 11) is 1.35. The molecule has 1 aromatic carbocycles. The SMILES string of the molecule is COC(=O)c1c(N)cccc1CN(CCCO)C(C)C. The number of anilines is 1. The minimum Gasteiger partial charge on any atom is -0.465 e. The first-order valence-corrected chi connectivity index (χ1v) is 6.81. The van der Waals surface area contributed by atoms with Crippen LogP contribution in [-0.2, 0) is 11.3 Å². The zero-order valence-electron chi connectivity index (χ0n) is 12.4. The first-order chi connectivity index (χ1) is 9.51. The molecule has 112 valence electrons. The Labute approximate surface area is 120 Å². The predicted octanol–water partition coefficient (Wildman–Crippen LogP) is 1.65. The van der Waals surface area contributed by atoms with E-state index >= 15 is 0 Å². The van der Waals surface area contributed by atoms with E-state index in [-0.39, 0.29) is 6.61 Å². The standard InChI is InChI=1S/C15H24N2O3/c1-11(2)17(8-5-9-18)10-12-6-4-7-13(16)14(12)15(19)20-3/h4,6-7,11,18H,5,8-10,16H2,1-3H3. The molecule has 0 amide bonds. The van der Waals surface area contributed by atoms with E-state index in [9.17, 15) is 4.79 Å². The van der Waals surface area contributed by atoms with Crippen LogP contribution in [0.1, 0.15) is 36.2 Å². The van der Waals surface area contributed by atoms with Crippen LogP contribution in [0.25, 0.3) is 0 Å². The highest BCUT2D eigenvalue weighted by molar-refractivity contribution is 5.96. The summed E-state index contributed by atoms with van der Waals surface area (Å²) in [4.78, 5) is 14.1. The lowest BCUT2D eigenvalue weighted by Gasteiger charge is -2.27. The largest absolute Gasteiger partial charge is 0.465 e. The highest BCUT2D eigenvalue weighted by Crippen LogP contribution is 2.20. The van der Waals surface area contributed by atoms with Crippen molar-refractivity contribution in [1.29, 1.82) is 0 Å². The number of benzene rings is 1. The summed E-state index contributed by atoms with van der Waals surface area (Å²) in [6.07, 6.45) is 0.702. The third kappa shape index (κ3) is 4.21. The molecular formula is C15H24N2O3. The van der Waals surface area contributed by atoms with Crippen LogP contribution in [0.2, 0.25) is 0 Å². The topological polar surface area (TPSA) is 75.8 Å². The maximum atomic E-state index is 11.9. The lowest BCUT2D eigenvalue weighted by molar-refractivity contribution is 0.0598. The molecule has 0 fully saturated rings. The van der Waals surface area contributed by atoms with Gasteiger partial charge in [0.1, 0.15) is 0 Å². The number of carbonyl (C=O) groups excluding carboxylic acids is 1. The van der Waals surface area contributed by atoms with Crippen LogP contribution in [0.15, 0.2) is 18.2 Å². The van der Waals surface area contributed by atoms with Crippen LogP contribution < -0.4 is 5.73 Å². The Kier molecular flexibility index (Phi) is 6.48. The summed E-state index contributed by atoms with van der Waals surface area (Å²) in [5, 5.41) is 8.97. The molecule has 0 heterocycles. The van der Waals surface area contributed by atoms with Crippen molar-refractivity contribution in [3.8, 4) is 0 Å². The number of methoxy groups -OCH3 is 1. The summed E-state index contributed by atoms with van der Waals surface area (Å²) in [6, 6.07) is 5.73. The van der Waals surface area contributed by atoms with Gasteiger partial charge in [0.05, 0.1) is 12.7 Å². The number of aliphatic hydroxyl groups is 1. The smallest absolute Gasteiger partial charge is 0.340 e. The molecule has 0 unspecified atom stereocenters. The number of hydrogen-bond donors (Lipinski definition) is 2. The molecule has 1 rings (SSSR count). The Hall–Kier alpha value is -1.59. The summed E-state index contributed by atoms with van der Waals surface area (Å²) in [5.41, 5.74) is 7.61. The Morgan fingerprint density at radius 3 is 2.70 bits per heavy atom. The van der Waals surface area contributed by atoms with E-state index in [4.69, 9.17) is 15.6 Å². The highest BCUT2D eigenvalue weighted by Gasteiger charge is 2.18. The average Bonchev–Trinajstić information content (AvgIpc) is 2.42. The highest BCUT2D eigenvalue weighted by atomic mass is 16.5.